The molecule has 1 aromatic rings. The molecule has 0 N–H and O–H groups in total. The number of hydrogen-bond donors (Lipinski definition) is 0. The van der Waals surface area contributed by atoms with Crippen molar-refractivity contribution in [3.05, 3.63) is 39.7 Å². The molecule has 19 heavy (non-hydrogen) atoms. The molecule has 0 spiro atoms. The number of benzene rings is 1. The predicted molar refractivity (Wildman–Crippen MR) is 62.3 cm³/mol. The molecular formula is C12H12FNO5. The first-order chi connectivity index (χ1) is 9.08. The van der Waals surface area contributed by atoms with E-state index < -0.39 is 22.4 Å². The number of halogens is 1. The highest BCUT2D eigenvalue weighted by Gasteiger charge is 2.20. The summed E-state index contributed by atoms with van der Waals surface area (Å²) in [5.74, 6) is -1.59. The van der Waals surface area contributed by atoms with Gasteiger partial charge in [0, 0.05) is 18.6 Å². The lowest BCUT2D eigenvalue weighted by molar-refractivity contribution is -0.387. The Morgan fingerprint density at radius 2 is 2.37 bits per heavy atom. The molecule has 0 saturated carbocycles. The summed E-state index contributed by atoms with van der Waals surface area (Å²) < 4.78 is 23.5. The summed E-state index contributed by atoms with van der Waals surface area (Å²) in [6, 6.07) is 2.94. The standard InChI is InChI=1S/C12H12FNO5/c13-10-5-9(1-2-11(10)14(16)17)12(15)19-7-8-3-4-18-6-8/h1-2,5,8H,3-4,6-7H2. The van der Waals surface area contributed by atoms with Crippen LogP contribution in [-0.2, 0) is 9.47 Å². The third kappa shape index (κ3) is 3.25. The van der Waals surface area contributed by atoms with Gasteiger partial charge in [-0.3, -0.25) is 10.1 Å². The van der Waals surface area contributed by atoms with Crippen molar-refractivity contribution in [1.82, 2.24) is 0 Å². The minimum absolute atomic E-state index is 0.0398. The van der Waals surface area contributed by atoms with Crippen LogP contribution in [0.1, 0.15) is 16.8 Å². The second-order valence-corrected chi connectivity index (χ2v) is 4.25. The van der Waals surface area contributed by atoms with E-state index in [-0.39, 0.29) is 18.1 Å². The van der Waals surface area contributed by atoms with Crippen molar-refractivity contribution in [2.24, 2.45) is 5.92 Å². The van der Waals surface area contributed by atoms with E-state index in [0.29, 0.717) is 13.2 Å². The van der Waals surface area contributed by atoms with Gasteiger partial charge in [0.15, 0.2) is 0 Å². The maximum Gasteiger partial charge on any atom is 0.338 e. The van der Waals surface area contributed by atoms with E-state index in [0.717, 1.165) is 18.6 Å². The average molecular weight is 269 g/mol. The Labute approximate surface area is 108 Å². The van der Waals surface area contributed by atoms with Crippen LogP contribution in [0.3, 0.4) is 0 Å². The summed E-state index contributed by atoms with van der Waals surface area (Å²) in [6.45, 7) is 1.40. The molecule has 6 nitrogen and oxygen atoms in total. The van der Waals surface area contributed by atoms with Crippen molar-refractivity contribution in [3.8, 4) is 0 Å². The van der Waals surface area contributed by atoms with E-state index >= 15 is 0 Å². The van der Waals surface area contributed by atoms with Crippen molar-refractivity contribution in [1.29, 1.82) is 0 Å². The fourth-order valence-corrected chi connectivity index (χ4v) is 1.77. The van der Waals surface area contributed by atoms with Gasteiger partial charge in [-0.15, -0.1) is 0 Å². The molecule has 0 amide bonds. The second kappa shape index (κ2) is 5.75. The SMILES string of the molecule is O=C(OCC1CCOC1)c1ccc([N+](=O)[O-])c(F)c1. The number of ether oxygens (including phenoxy) is 2. The maximum absolute atomic E-state index is 13.3. The van der Waals surface area contributed by atoms with E-state index in [9.17, 15) is 19.3 Å². The molecule has 0 bridgehead atoms. The molecule has 1 saturated heterocycles. The van der Waals surface area contributed by atoms with Gasteiger partial charge < -0.3 is 9.47 Å². The first-order valence-electron chi connectivity index (χ1n) is 5.76. The van der Waals surface area contributed by atoms with Crippen molar-refractivity contribution >= 4 is 11.7 Å². The van der Waals surface area contributed by atoms with E-state index in [1.807, 2.05) is 0 Å². The topological polar surface area (TPSA) is 78.7 Å². The summed E-state index contributed by atoms with van der Waals surface area (Å²) in [5, 5.41) is 10.4. The molecule has 1 heterocycles. The van der Waals surface area contributed by atoms with E-state index in [1.54, 1.807) is 0 Å². The minimum Gasteiger partial charge on any atom is -0.462 e. The Kier molecular flexibility index (Phi) is 4.06. The number of hydrogen-bond acceptors (Lipinski definition) is 5. The summed E-state index contributed by atoms with van der Waals surface area (Å²) in [5.41, 5.74) is -0.706. The molecule has 1 aliphatic heterocycles. The summed E-state index contributed by atoms with van der Waals surface area (Å²) in [6.07, 6.45) is 0.821. The lowest BCUT2D eigenvalue weighted by Gasteiger charge is -2.08. The molecule has 1 aromatic carbocycles. The van der Waals surface area contributed by atoms with Crippen LogP contribution in [0, 0.1) is 21.8 Å². The Balaban J connectivity index is 1.98. The highest BCUT2D eigenvalue weighted by molar-refractivity contribution is 5.89. The molecule has 102 valence electrons. The molecule has 0 radical (unpaired) electrons. The Morgan fingerprint density at radius 3 is 2.95 bits per heavy atom. The molecule has 2 rings (SSSR count). The normalized spacial score (nSPS) is 18.3. The Morgan fingerprint density at radius 1 is 1.58 bits per heavy atom. The number of carbonyl (C=O) groups is 1. The van der Waals surface area contributed by atoms with Gasteiger partial charge in [-0.1, -0.05) is 0 Å². The van der Waals surface area contributed by atoms with Gasteiger partial charge in [-0.2, -0.15) is 4.39 Å². The number of nitro groups is 1. The van der Waals surface area contributed by atoms with Crippen molar-refractivity contribution in [2.45, 2.75) is 6.42 Å². The number of esters is 1. The van der Waals surface area contributed by atoms with E-state index in [2.05, 4.69) is 0 Å². The number of carbonyl (C=O) groups excluding carboxylic acids is 1. The van der Waals surface area contributed by atoms with Crippen molar-refractivity contribution < 1.29 is 23.6 Å². The number of nitrogens with zero attached hydrogens (tertiary/aromatic N) is 1. The highest BCUT2D eigenvalue weighted by Crippen LogP contribution is 2.19. The molecular weight excluding hydrogens is 257 g/mol. The van der Waals surface area contributed by atoms with Crippen LogP contribution in [0.2, 0.25) is 0 Å². The number of nitro benzene ring substituents is 1. The third-order valence-electron chi connectivity index (χ3n) is 2.85. The fraction of sp³-hybridized carbons (Fsp3) is 0.417. The zero-order valence-corrected chi connectivity index (χ0v) is 10.0. The van der Waals surface area contributed by atoms with E-state index in [1.165, 1.54) is 6.07 Å². The van der Waals surface area contributed by atoms with Crippen LogP contribution in [0.25, 0.3) is 0 Å². The summed E-state index contributed by atoms with van der Waals surface area (Å²) in [7, 11) is 0. The summed E-state index contributed by atoms with van der Waals surface area (Å²) >= 11 is 0. The number of rotatable bonds is 4. The molecule has 1 atom stereocenters. The van der Waals surface area contributed by atoms with Gasteiger partial charge in [0.05, 0.1) is 23.7 Å². The van der Waals surface area contributed by atoms with Crippen LogP contribution < -0.4 is 0 Å². The van der Waals surface area contributed by atoms with Crippen LogP contribution in [0.15, 0.2) is 18.2 Å². The van der Waals surface area contributed by atoms with Crippen LogP contribution in [0.5, 0.6) is 0 Å². The first kappa shape index (κ1) is 13.4. The van der Waals surface area contributed by atoms with Crippen molar-refractivity contribution in [2.75, 3.05) is 19.8 Å². The van der Waals surface area contributed by atoms with Gasteiger partial charge in [0.2, 0.25) is 5.82 Å². The Bertz CT molecular complexity index is 499. The van der Waals surface area contributed by atoms with Crippen molar-refractivity contribution in [3.63, 3.8) is 0 Å². The molecule has 1 aliphatic rings. The maximum atomic E-state index is 13.3. The Hall–Kier alpha value is -2.02. The molecule has 0 aliphatic carbocycles. The average Bonchev–Trinajstić information content (AvgIpc) is 2.88. The summed E-state index contributed by atoms with van der Waals surface area (Å²) in [4.78, 5) is 21.2. The van der Waals surface area contributed by atoms with Crippen LogP contribution in [0.4, 0.5) is 10.1 Å². The molecule has 0 aromatic heterocycles. The molecule has 7 heteroatoms. The highest BCUT2D eigenvalue weighted by atomic mass is 19.1. The second-order valence-electron chi connectivity index (χ2n) is 4.25. The molecule has 1 fully saturated rings. The molecule has 1 unspecified atom stereocenters. The quantitative estimate of drug-likeness (QED) is 0.474. The van der Waals surface area contributed by atoms with Gasteiger partial charge in [0.1, 0.15) is 0 Å². The van der Waals surface area contributed by atoms with Crippen LogP contribution >= 0.6 is 0 Å². The van der Waals surface area contributed by atoms with Crippen LogP contribution in [-0.4, -0.2) is 30.7 Å². The zero-order valence-electron chi connectivity index (χ0n) is 10.0. The van der Waals surface area contributed by atoms with E-state index in [4.69, 9.17) is 9.47 Å². The monoisotopic (exact) mass is 269 g/mol. The largest absolute Gasteiger partial charge is 0.462 e. The predicted octanol–water partition coefficient (Wildman–Crippen LogP) is 1.93. The van der Waals surface area contributed by atoms with Gasteiger partial charge in [-0.05, 0) is 18.6 Å². The smallest absolute Gasteiger partial charge is 0.338 e. The lowest BCUT2D eigenvalue weighted by atomic mass is 10.1. The zero-order chi connectivity index (χ0) is 13.8. The van der Waals surface area contributed by atoms with Gasteiger partial charge >= 0.3 is 11.7 Å². The lowest BCUT2D eigenvalue weighted by Crippen LogP contribution is -2.14. The minimum atomic E-state index is -1.05. The van der Waals surface area contributed by atoms with Gasteiger partial charge in [0.25, 0.3) is 0 Å². The fourth-order valence-electron chi connectivity index (χ4n) is 1.77. The van der Waals surface area contributed by atoms with Gasteiger partial charge in [-0.25, -0.2) is 4.79 Å². The first-order valence-corrected chi connectivity index (χ1v) is 5.76. The third-order valence-corrected chi connectivity index (χ3v) is 2.85.